The standard InChI is InChI=1S/C19H19N3O2/c1-15-7-5-6-10-18(15)24-14-19(23)20-11-16-12-21-22(13-16)17-8-3-2-4-9-17/h2-10,12-13H,11,14H2,1H3,(H,20,23). The molecule has 0 saturated carbocycles. The van der Waals surface area contributed by atoms with E-state index >= 15 is 0 Å². The molecule has 5 nitrogen and oxygen atoms in total. The second-order valence-corrected chi connectivity index (χ2v) is 5.46. The van der Waals surface area contributed by atoms with E-state index in [0.717, 1.165) is 22.6 Å². The summed E-state index contributed by atoms with van der Waals surface area (Å²) >= 11 is 0. The van der Waals surface area contributed by atoms with Crippen LogP contribution in [0.2, 0.25) is 0 Å². The van der Waals surface area contributed by atoms with Gasteiger partial charge < -0.3 is 10.1 Å². The maximum Gasteiger partial charge on any atom is 0.258 e. The smallest absolute Gasteiger partial charge is 0.258 e. The van der Waals surface area contributed by atoms with Gasteiger partial charge >= 0.3 is 0 Å². The van der Waals surface area contributed by atoms with Crippen LogP contribution in [0.1, 0.15) is 11.1 Å². The van der Waals surface area contributed by atoms with Gasteiger partial charge in [-0.1, -0.05) is 36.4 Å². The Morgan fingerprint density at radius 1 is 1.12 bits per heavy atom. The number of ether oxygens (including phenoxy) is 1. The first-order valence-corrected chi connectivity index (χ1v) is 7.76. The van der Waals surface area contributed by atoms with E-state index in [-0.39, 0.29) is 12.5 Å². The molecule has 2 aromatic carbocycles. The number of amides is 1. The van der Waals surface area contributed by atoms with Crippen molar-refractivity contribution in [3.63, 3.8) is 0 Å². The second-order valence-electron chi connectivity index (χ2n) is 5.46. The average Bonchev–Trinajstić information content (AvgIpc) is 3.09. The maximum absolute atomic E-state index is 11.9. The summed E-state index contributed by atoms with van der Waals surface area (Å²) in [6.07, 6.45) is 3.65. The van der Waals surface area contributed by atoms with Crippen LogP contribution in [0.5, 0.6) is 5.75 Å². The minimum absolute atomic E-state index is 0.00231. The summed E-state index contributed by atoms with van der Waals surface area (Å²) < 4.78 is 7.31. The number of nitrogens with one attached hydrogen (secondary N) is 1. The fourth-order valence-corrected chi connectivity index (χ4v) is 2.29. The van der Waals surface area contributed by atoms with Gasteiger partial charge in [0.2, 0.25) is 0 Å². The lowest BCUT2D eigenvalue weighted by Crippen LogP contribution is -2.28. The number of rotatable bonds is 6. The van der Waals surface area contributed by atoms with E-state index in [0.29, 0.717) is 6.54 Å². The topological polar surface area (TPSA) is 56.1 Å². The van der Waals surface area contributed by atoms with Crippen LogP contribution in [0.25, 0.3) is 5.69 Å². The Morgan fingerprint density at radius 2 is 1.88 bits per heavy atom. The van der Waals surface area contributed by atoms with Crippen LogP contribution in [0.15, 0.2) is 67.0 Å². The minimum Gasteiger partial charge on any atom is -0.484 e. The van der Waals surface area contributed by atoms with Crippen molar-refractivity contribution in [3.8, 4) is 11.4 Å². The third-order valence-corrected chi connectivity index (χ3v) is 3.60. The molecule has 0 unspecified atom stereocenters. The van der Waals surface area contributed by atoms with Crippen molar-refractivity contribution in [1.82, 2.24) is 15.1 Å². The average molecular weight is 321 g/mol. The van der Waals surface area contributed by atoms with E-state index < -0.39 is 0 Å². The molecule has 1 heterocycles. The number of aromatic nitrogens is 2. The van der Waals surface area contributed by atoms with E-state index in [1.54, 1.807) is 10.9 Å². The number of aryl methyl sites for hydroxylation is 1. The molecule has 0 atom stereocenters. The third kappa shape index (κ3) is 4.01. The molecule has 0 aliphatic heterocycles. The molecule has 0 spiro atoms. The summed E-state index contributed by atoms with van der Waals surface area (Å²) in [6, 6.07) is 17.5. The number of hydrogen-bond donors (Lipinski definition) is 1. The van der Waals surface area contributed by atoms with E-state index in [1.807, 2.05) is 67.7 Å². The van der Waals surface area contributed by atoms with Gasteiger partial charge in [0.05, 0.1) is 11.9 Å². The molecular formula is C19H19N3O2. The summed E-state index contributed by atoms with van der Waals surface area (Å²) in [7, 11) is 0. The highest BCUT2D eigenvalue weighted by molar-refractivity contribution is 5.77. The summed E-state index contributed by atoms with van der Waals surface area (Å²) in [5.74, 6) is 0.565. The van der Waals surface area contributed by atoms with Gasteiger partial charge in [0.15, 0.2) is 6.61 Å². The Kier molecular flexibility index (Phi) is 4.91. The zero-order valence-electron chi connectivity index (χ0n) is 13.5. The van der Waals surface area contributed by atoms with E-state index in [2.05, 4.69) is 10.4 Å². The van der Waals surface area contributed by atoms with Gasteiger partial charge in [0, 0.05) is 18.3 Å². The molecule has 0 radical (unpaired) electrons. The summed E-state index contributed by atoms with van der Waals surface area (Å²) in [5.41, 5.74) is 2.93. The Bertz CT molecular complexity index is 812. The number of benzene rings is 2. The number of nitrogens with zero attached hydrogens (tertiary/aromatic N) is 2. The van der Waals surface area contributed by atoms with Crippen LogP contribution in [0.3, 0.4) is 0 Å². The molecule has 5 heteroatoms. The fraction of sp³-hybridized carbons (Fsp3) is 0.158. The largest absolute Gasteiger partial charge is 0.484 e. The number of carbonyl (C=O) groups excluding carboxylic acids is 1. The molecule has 0 fully saturated rings. The lowest BCUT2D eigenvalue weighted by molar-refractivity contribution is -0.123. The van der Waals surface area contributed by atoms with Crippen LogP contribution in [-0.2, 0) is 11.3 Å². The summed E-state index contributed by atoms with van der Waals surface area (Å²) in [4.78, 5) is 11.9. The lowest BCUT2D eigenvalue weighted by atomic mass is 10.2. The first-order chi connectivity index (χ1) is 11.7. The van der Waals surface area contributed by atoms with Gasteiger partial charge in [-0.3, -0.25) is 4.79 Å². The Hall–Kier alpha value is -3.08. The minimum atomic E-state index is -0.161. The Morgan fingerprint density at radius 3 is 2.67 bits per heavy atom. The van der Waals surface area contributed by atoms with Crippen molar-refractivity contribution >= 4 is 5.91 Å². The van der Waals surface area contributed by atoms with Crippen molar-refractivity contribution in [2.75, 3.05) is 6.61 Å². The molecule has 0 aliphatic carbocycles. The SMILES string of the molecule is Cc1ccccc1OCC(=O)NCc1cnn(-c2ccccc2)c1. The molecule has 1 aromatic heterocycles. The van der Waals surface area contributed by atoms with Crippen LogP contribution in [-0.4, -0.2) is 22.3 Å². The summed E-state index contributed by atoms with van der Waals surface area (Å²) in [6.45, 7) is 2.37. The zero-order valence-corrected chi connectivity index (χ0v) is 13.5. The molecule has 1 amide bonds. The molecular weight excluding hydrogens is 302 g/mol. The van der Waals surface area contributed by atoms with Gasteiger partial charge in [0.25, 0.3) is 5.91 Å². The fourth-order valence-electron chi connectivity index (χ4n) is 2.29. The first-order valence-electron chi connectivity index (χ1n) is 7.76. The predicted molar refractivity (Wildman–Crippen MR) is 92.1 cm³/mol. The van der Waals surface area contributed by atoms with Gasteiger partial charge in [-0.15, -0.1) is 0 Å². The van der Waals surface area contributed by atoms with Crippen LogP contribution >= 0.6 is 0 Å². The highest BCUT2D eigenvalue weighted by Gasteiger charge is 2.06. The van der Waals surface area contributed by atoms with Crippen LogP contribution in [0.4, 0.5) is 0 Å². The third-order valence-electron chi connectivity index (χ3n) is 3.60. The monoisotopic (exact) mass is 321 g/mol. The van der Waals surface area contributed by atoms with Crippen molar-refractivity contribution in [2.45, 2.75) is 13.5 Å². The molecule has 3 rings (SSSR count). The van der Waals surface area contributed by atoms with Crippen molar-refractivity contribution in [3.05, 3.63) is 78.1 Å². The normalized spacial score (nSPS) is 10.4. The molecule has 24 heavy (non-hydrogen) atoms. The Labute approximate surface area is 140 Å². The lowest BCUT2D eigenvalue weighted by Gasteiger charge is -2.08. The molecule has 122 valence electrons. The number of carbonyl (C=O) groups is 1. The van der Waals surface area contributed by atoms with Crippen molar-refractivity contribution in [2.24, 2.45) is 0 Å². The molecule has 1 N–H and O–H groups in total. The van der Waals surface area contributed by atoms with Crippen LogP contribution < -0.4 is 10.1 Å². The highest BCUT2D eigenvalue weighted by atomic mass is 16.5. The van der Waals surface area contributed by atoms with Crippen molar-refractivity contribution < 1.29 is 9.53 Å². The van der Waals surface area contributed by atoms with Gasteiger partial charge in [-0.05, 0) is 30.7 Å². The molecule has 0 aliphatic rings. The van der Waals surface area contributed by atoms with Gasteiger partial charge in [0.1, 0.15) is 5.75 Å². The second kappa shape index (κ2) is 7.46. The Balaban J connectivity index is 1.50. The van der Waals surface area contributed by atoms with Crippen LogP contribution in [0, 0.1) is 6.92 Å². The quantitative estimate of drug-likeness (QED) is 0.759. The van der Waals surface area contributed by atoms with Gasteiger partial charge in [-0.2, -0.15) is 5.10 Å². The maximum atomic E-state index is 11.9. The first kappa shape index (κ1) is 15.8. The molecule has 0 saturated heterocycles. The van der Waals surface area contributed by atoms with E-state index in [1.165, 1.54) is 0 Å². The molecule has 0 bridgehead atoms. The van der Waals surface area contributed by atoms with Gasteiger partial charge in [-0.25, -0.2) is 4.68 Å². The highest BCUT2D eigenvalue weighted by Crippen LogP contribution is 2.15. The number of hydrogen-bond acceptors (Lipinski definition) is 3. The number of para-hydroxylation sites is 2. The molecule has 3 aromatic rings. The van der Waals surface area contributed by atoms with E-state index in [9.17, 15) is 4.79 Å². The van der Waals surface area contributed by atoms with E-state index in [4.69, 9.17) is 4.74 Å². The predicted octanol–water partition coefficient (Wildman–Crippen LogP) is 2.88. The summed E-state index contributed by atoms with van der Waals surface area (Å²) in [5, 5.41) is 7.14. The van der Waals surface area contributed by atoms with Crippen molar-refractivity contribution in [1.29, 1.82) is 0 Å². The zero-order chi connectivity index (χ0) is 16.8.